The Morgan fingerprint density at radius 1 is 1.17 bits per heavy atom. The molecule has 0 amide bonds. The third kappa shape index (κ3) is 4.53. The summed E-state index contributed by atoms with van der Waals surface area (Å²) in [5, 5.41) is 13.3. The lowest BCUT2D eigenvalue weighted by atomic mass is 9.88. The maximum absolute atomic E-state index is 4.52. The molecule has 1 spiro atoms. The molecule has 6 nitrogen and oxygen atoms in total. The van der Waals surface area contributed by atoms with Crippen LogP contribution in [0.5, 0.6) is 0 Å². The van der Waals surface area contributed by atoms with E-state index in [9.17, 15) is 0 Å². The van der Waals surface area contributed by atoms with Crippen molar-refractivity contribution in [2.45, 2.75) is 53.4 Å². The molecule has 0 aromatic carbocycles. The molecular formula is C24H38N6. The van der Waals surface area contributed by atoms with Crippen molar-refractivity contribution in [2.75, 3.05) is 38.1 Å². The third-order valence-corrected chi connectivity index (χ3v) is 7.29. The molecule has 1 aliphatic heterocycles. The summed E-state index contributed by atoms with van der Waals surface area (Å²) in [6.45, 7) is 14.0. The Morgan fingerprint density at radius 3 is 2.47 bits per heavy atom. The maximum Gasteiger partial charge on any atom is 0.151 e. The molecule has 0 radical (unpaired) electrons. The number of hydrogen-bond donors (Lipinski definition) is 0. The van der Waals surface area contributed by atoms with E-state index in [1.165, 1.54) is 45.3 Å². The molecular weight excluding hydrogens is 372 g/mol. The monoisotopic (exact) mass is 410 g/mol. The standard InChI is InChI=1S/C24H38N6/c1-18-16-25-29(6)22(18)20-7-8-21(27-26-20)28(5)17-19-15-24(19)10-13-30(14-11-24)12-9-23(2,3)4/h7-8,16,19H,9-15,17H2,1-6H3. The summed E-state index contributed by atoms with van der Waals surface area (Å²) in [6, 6.07) is 4.16. The molecule has 1 atom stereocenters. The van der Waals surface area contributed by atoms with Crippen LogP contribution in [0.15, 0.2) is 18.3 Å². The van der Waals surface area contributed by atoms with Crippen LogP contribution in [0.3, 0.4) is 0 Å². The average Bonchev–Trinajstić information content (AvgIpc) is 3.24. The minimum absolute atomic E-state index is 0.436. The second-order valence-corrected chi connectivity index (χ2v) is 10.9. The van der Waals surface area contributed by atoms with Crippen LogP contribution in [0.2, 0.25) is 0 Å². The molecule has 2 fully saturated rings. The van der Waals surface area contributed by atoms with Gasteiger partial charge in [-0.1, -0.05) is 20.8 Å². The number of anilines is 1. The van der Waals surface area contributed by atoms with Crippen molar-refractivity contribution in [3.63, 3.8) is 0 Å². The van der Waals surface area contributed by atoms with Crippen LogP contribution in [-0.4, -0.2) is 58.1 Å². The number of aromatic nitrogens is 4. The fraction of sp³-hybridized carbons (Fsp3) is 0.708. The fourth-order valence-corrected chi connectivity index (χ4v) is 5.01. The van der Waals surface area contributed by atoms with Gasteiger partial charge in [-0.2, -0.15) is 5.10 Å². The molecule has 3 heterocycles. The molecule has 0 N–H and O–H groups in total. The van der Waals surface area contributed by atoms with Gasteiger partial charge in [-0.25, -0.2) is 0 Å². The van der Waals surface area contributed by atoms with Crippen molar-refractivity contribution in [1.29, 1.82) is 0 Å². The minimum Gasteiger partial charge on any atom is -0.358 e. The predicted molar refractivity (Wildman–Crippen MR) is 123 cm³/mol. The highest BCUT2D eigenvalue weighted by atomic mass is 15.3. The third-order valence-electron chi connectivity index (χ3n) is 7.29. The molecule has 1 aliphatic carbocycles. The van der Waals surface area contributed by atoms with Crippen molar-refractivity contribution in [1.82, 2.24) is 24.9 Å². The van der Waals surface area contributed by atoms with Crippen LogP contribution >= 0.6 is 0 Å². The van der Waals surface area contributed by atoms with Crippen LogP contribution in [0, 0.1) is 23.7 Å². The zero-order valence-corrected chi connectivity index (χ0v) is 19.6. The second kappa shape index (κ2) is 7.95. The van der Waals surface area contributed by atoms with E-state index < -0.39 is 0 Å². The van der Waals surface area contributed by atoms with Crippen molar-refractivity contribution in [3.8, 4) is 11.4 Å². The summed E-state index contributed by atoms with van der Waals surface area (Å²) < 4.78 is 1.87. The number of hydrogen-bond acceptors (Lipinski definition) is 5. The Bertz CT molecular complexity index is 835. The minimum atomic E-state index is 0.436. The van der Waals surface area contributed by atoms with Crippen LogP contribution < -0.4 is 4.90 Å². The molecule has 164 valence electrons. The molecule has 0 bridgehead atoms. The number of aryl methyl sites for hydroxylation is 2. The summed E-state index contributed by atoms with van der Waals surface area (Å²) >= 11 is 0. The maximum atomic E-state index is 4.52. The lowest BCUT2D eigenvalue weighted by Crippen LogP contribution is -2.37. The van der Waals surface area contributed by atoms with Crippen molar-refractivity contribution < 1.29 is 0 Å². The van der Waals surface area contributed by atoms with Gasteiger partial charge in [0, 0.05) is 20.6 Å². The van der Waals surface area contributed by atoms with Gasteiger partial charge in [0.25, 0.3) is 0 Å². The fourth-order valence-electron chi connectivity index (χ4n) is 5.01. The second-order valence-electron chi connectivity index (χ2n) is 10.9. The van der Waals surface area contributed by atoms with Gasteiger partial charge < -0.3 is 9.80 Å². The van der Waals surface area contributed by atoms with E-state index in [4.69, 9.17) is 0 Å². The van der Waals surface area contributed by atoms with Gasteiger partial charge >= 0.3 is 0 Å². The molecule has 1 saturated carbocycles. The Hall–Kier alpha value is -1.95. The van der Waals surface area contributed by atoms with Crippen molar-refractivity contribution in [3.05, 3.63) is 23.9 Å². The summed E-state index contributed by atoms with van der Waals surface area (Å²) in [7, 11) is 4.11. The Labute approximate surface area is 181 Å². The first-order valence-electron chi connectivity index (χ1n) is 11.4. The highest BCUT2D eigenvalue weighted by Gasteiger charge is 2.54. The predicted octanol–water partition coefficient (Wildman–Crippen LogP) is 4.16. The van der Waals surface area contributed by atoms with Gasteiger partial charge in [0.2, 0.25) is 0 Å². The zero-order chi connectivity index (χ0) is 21.5. The quantitative estimate of drug-likeness (QED) is 0.716. The highest BCUT2D eigenvalue weighted by molar-refractivity contribution is 5.59. The summed E-state index contributed by atoms with van der Waals surface area (Å²) in [4.78, 5) is 4.97. The molecule has 4 rings (SSSR count). The van der Waals surface area contributed by atoms with Gasteiger partial charge in [-0.15, -0.1) is 10.2 Å². The smallest absolute Gasteiger partial charge is 0.151 e. The lowest BCUT2D eigenvalue weighted by Gasteiger charge is -2.35. The lowest BCUT2D eigenvalue weighted by molar-refractivity contribution is 0.146. The topological polar surface area (TPSA) is 50.1 Å². The first-order valence-corrected chi connectivity index (χ1v) is 11.4. The van der Waals surface area contributed by atoms with E-state index in [0.29, 0.717) is 10.8 Å². The van der Waals surface area contributed by atoms with E-state index in [2.05, 4.69) is 72.0 Å². The summed E-state index contributed by atoms with van der Waals surface area (Å²) in [5.74, 6) is 1.76. The van der Waals surface area contributed by atoms with Crippen LogP contribution in [-0.2, 0) is 7.05 Å². The normalized spacial score (nSPS) is 21.2. The van der Waals surface area contributed by atoms with Crippen LogP contribution in [0.4, 0.5) is 5.82 Å². The van der Waals surface area contributed by atoms with E-state index >= 15 is 0 Å². The Kier molecular flexibility index (Phi) is 5.64. The molecule has 2 aromatic heterocycles. The number of piperidine rings is 1. The summed E-state index contributed by atoms with van der Waals surface area (Å²) in [5.41, 5.74) is 4.07. The first-order chi connectivity index (χ1) is 14.2. The van der Waals surface area contributed by atoms with Crippen molar-refractivity contribution in [2.24, 2.45) is 23.8 Å². The molecule has 1 unspecified atom stereocenters. The molecule has 1 saturated heterocycles. The van der Waals surface area contributed by atoms with Gasteiger partial charge in [-0.05, 0) is 86.7 Å². The molecule has 6 heteroatoms. The van der Waals surface area contributed by atoms with Crippen LogP contribution in [0.1, 0.15) is 52.0 Å². The van der Waals surface area contributed by atoms with Gasteiger partial charge in [0.05, 0.1) is 11.9 Å². The van der Waals surface area contributed by atoms with Gasteiger partial charge in [0.15, 0.2) is 5.82 Å². The molecule has 2 aromatic rings. The van der Waals surface area contributed by atoms with Crippen molar-refractivity contribution >= 4 is 5.82 Å². The van der Waals surface area contributed by atoms with E-state index in [1.807, 2.05) is 17.9 Å². The van der Waals surface area contributed by atoms with Gasteiger partial charge in [-0.3, -0.25) is 4.68 Å². The first kappa shape index (κ1) is 21.3. The molecule has 2 aliphatic rings. The highest BCUT2D eigenvalue weighted by Crippen LogP contribution is 2.59. The molecule has 30 heavy (non-hydrogen) atoms. The summed E-state index contributed by atoms with van der Waals surface area (Å²) in [6.07, 6.45) is 7.27. The number of nitrogens with zero attached hydrogens (tertiary/aromatic N) is 6. The zero-order valence-electron chi connectivity index (χ0n) is 19.6. The average molecular weight is 411 g/mol. The van der Waals surface area contributed by atoms with E-state index in [1.54, 1.807) is 0 Å². The van der Waals surface area contributed by atoms with E-state index in [-0.39, 0.29) is 0 Å². The Morgan fingerprint density at radius 2 is 1.90 bits per heavy atom. The SMILES string of the molecule is Cc1cnn(C)c1-c1ccc(N(C)CC2CC23CCN(CCC(C)(C)C)CC3)nn1. The number of rotatable bonds is 6. The number of likely N-dealkylation sites (tertiary alicyclic amines) is 1. The Balaban J connectivity index is 1.29. The van der Waals surface area contributed by atoms with E-state index in [0.717, 1.165) is 35.2 Å². The van der Waals surface area contributed by atoms with Gasteiger partial charge in [0.1, 0.15) is 5.69 Å². The largest absolute Gasteiger partial charge is 0.358 e. The van der Waals surface area contributed by atoms with Crippen LogP contribution in [0.25, 0.3) is 11.4 Å².